The maximum absolute atomic E-state index is 12.9. The van der Waals surface area contributed by atoms with Crippen LogP contribution in [0.15, 0.2) is 0 Å². The second-order valence-electron chi connectivity index (χ2n) is 3.70. The monoisotopic (exact) mass is 199 g/mol. The van der Waals surface area contributed by atoms with Crippen LogP contribution in [0.5, 0.6) is 0 Å². The van der Waals surface area contributed by atoms with Crippen LogP contribution < -0.4 is 5.73 Å². The maximum atomic E-state index is 12.9. The lowest BCUT2D eigenvalue weighted by Crippen LogP contribution is -2.55. The second kappa shape index (κ2) is 3.44. The Morgan fingerprint density at radius 2 is 1.54 bits per heavy atom. The van der Waals surface area contributed by atoms with Gasteiger partial charge in [0.15, 0.2) is 0 Å². The third-order valence-corrected chi connectivity index (χ3v) is 2.58. The molecule has 0 bridgehead atoms. The third kappa shape index (κ3) is 2.33. The van der Waals surface area contributed by atoms with Crippen molar-refractivity contribution in [2.75, 3.05) is 0 Å². The van der Waals surface area contributed by atoms with Gasteiger partial charge >= 0.3 is 6.18 Å². The lowest BCUT2D eigenvalue weighted by atomic mass is 9.79. The Labute approximate surface area is 74.3 Å². The molecule has 0 saturated heterocycles. The lowest BCUT2D eigenvalue weighted by Gasteiger charge is -2.36. The van der Waals surface area contributed by atoms with E-state index >= 15 is 0 Å². The Bertz CT molecular complexity index is 171. The van der Waals surface area contributed by atoms with Crippen LogP contribution in [0.25, 0.3) is 0 Å². The molecule has 1 unspecified atom stereocenters. The number of rotatable bonds is 1. The maximum Gasteiger partial charge on any atom is 0.421 e. The zero-order valence-corrected chi connectivity index (χ0v) is 7.20. The Balaban J connectivity index is 2.67. The zero-order chi connectivity index (χ0) is 10.1. The third-order valence-electron chi connectivity index (χ3n) is 2.58. The van der Waals surface area contributed by atoms with Gasteiger partial charge in [0.2, 0.25) is 6.17 Å². The van der Waals surface area contributed by atoms with Gasteiger partial charge < -0.3 is 5.73 Å². The molecule has 1 nitrogen and oxygen atoms in total. The second-order valence-corrected chi connectivity index (χ2v) is 3.70. The summed E-state index contributed by atoms with van der Waals surface area (Å²) in [7, 11) is 0. The van der Waals surface area contributed by atoms with Crippen LogP contribution in [-0.2, 0) is 0 Å². The highest BCUT2D eigenvalue weighted by atomic mass is 19.4. The molecule has 1 aliphatic rings. The first-order chi connectivity index (χ1) is 5.86. The molecule has 0 heterocycles. The summed E-state index contributed by atoms with van der Waals surface area (Å²) in [5.41, 5.74) is 3.72. The molecular weight excluding hydrogens is 186 g/mol. The number of halogens is 4. The quantitative estimate of drug-likeness (QED) is 0.645. The van der Waals surface area contributed by atoms with E-state index in [1.165, 1.54) is 0 Å². The van der Waals surface area contributed by atoms with E-state index in [2.05, 4.69) is 0 Å². The molecule has 0 radical (unpaired) electrons. The minimum absolute atomic E-state index is 0.133. The number of hydrogen-bond donors (Lipinski definition) is 1. The summed E-state index contributed by atoms with van der Waals surface area (Å²) in [4.78, 5) is 0. The van der Waals surface area contributed by atoms with Crippen molar-refractivity contribution in [2.45, 2.75) is 50.0 Å². The Kier molecular flexibility index (Phi) is 2.85. The fourth-order valence-electron chi connectivity index (χ4n) is 1.79. The van der Waals surface area contributed by atoms with Gasteiger partial charge in [0.05, 0.1) is 5.54 Å². The summed E-state index contributed by atoms with van der Waals surface area (Å²) in [6.45, 7) is 0. The molecule has 1 rings (SSSR count). The van der Waals surface area contributed by atoms with E-state index in [4.69, 9.17) is 5.73 Å². The highest BCUT2D eigenvalue weighted by Crippen LogP contribution is 2.38. The fraction of sp³-hybridized carbons (Fsp3) is 1.00. The zero-order valence-electron chi connectivity index (χ0n) is 7.20. The molecule has 1 saturated carbocycles. The highest BCUT2D eigenvalue weighted by molar-refractivity contribution is 4.97. The topological polar surface area (TPSA) is 26.0 Å². The van der Waals surface area contributed by atoms with E-state index in [0.717, 1.165) is 6.42 Å². The molecule has 1 fully saturated rings. The molecule has 0 spiro atoms. The van der Waals surface area contributed by atoms with Gasteiger partial charge in [0.25, 0.3) is 0 Å². The van der Waals surface area contributed by atoms with Gasteiger partial charge in [-0.2, -0.15) is 13.2 Å². The van der Waals surface area contributed by atoms with Gasteiger partial charge in [-0.25, -0.2) is 4.39 Å². The van der Waals surface area contributed by atoms with Crippen LogP contribution in [0.2, 0.25) is 0 Å². The Morgan fingerprint density at radius 3 is 1.92 bits per heavy atom. The van der Waals surface area contributed by atoms with Gasteiger partial charge in [0.1, 0.15) is 0 Å². The molecule has 13 heavy (non-hydrogen) atoms. The number of nitrogens with two attached hydrogens (primary N) is 1. The van der Waals surface area contributed by atoms with E-state index < -0.39 is 17.9 Å². The predicted molar refractivity (Wildman–Crippen MR) is 41.0 cm³/mol. The minimum atomic E-state index is -4.81. The molecule has 5 heteroatoms. The standard InChI is InChI=1S/C8H13F4N/c9-6(8(10,11)12)7(13)4-2-1-3-5-7/h6H,1-5,13H2. The van der Waals surface area contributed by atoms with E-state index in [-0.39, 0.29) is 12.8 Å². The summed E-state index contributed by atoms with van der Waals surface area (Å²) in [5, 5.41) is 0. The van der Waals surface area contributed by atoms with Crippen LogP contribution in [0.1, 0.15) is 32.1 Å². The van der Waals surface area contributed by atoms with E-state index in [1.807, 2.05) is 0 Å². The molecule has 0 aliphatic heterocycles. The summed E-state index contributed by atoms with van der Waals surface area (Å²) < 4.78 is 49.0. The van der Waals surface area contributed by atoms with Crippen molar-refractivity contribution in [2.24, 2.45) is 5.73 Å². The first-order valence-corrected chi connectivity index (χ1v) is 4.36. The normalized spacial score (nSPS) is 25.6. The lowest BCUT2D eigenvalue weighted by molar-refractivity contribution is -0.201. The number of hydrogen-bond acceptors (Lipinski definition) is 1. The van der Waals surface area contributed by atoms with E-state index in [9.17, 15) is 17.6 Å². The molecule has 1 aliphatic carbocycles. The fourth-order valence-corrected chi connectivity index (χ4v) is 1.79. The average Bonchev–Trinajstić information content (AvgIpc) is 2.03. The van der Waals surface area contributed by atoms with Crippen LogP contribution >= 0.6 is 0 Å². The predicted octanol–water partition coefficient (Wildman–Crippen LogP) is 2.55. The summed E-state index contributed by atoms with van der Waals surface area (Å²) in [6.07, 6.45) is -5.39. The molecule has 78 valence electrons. The Morgan fingerprint density at radius 1 is 1.08 bits per heavy atom. The molecular formula is C8H13F4N. The van der Waals surface area contributed by atoms with Gasteiger partial charge in [-0.1, -0.05) is 19.3 Å². The van der Waals surface area contributed by atoms with Gasteiger partial charge in [-0.05, 0) is 12.8 Å². The largest absolute Gasteiger partial charge is 0.421 e. The first kappa shape index (κ1) is 10.8. The van der Waals surface area contributed by atoms with Crippen LogP contribution in [0.3, 0.4) is 0 Å². The SMILES string of the molecule is NC1(C(F)C(F)(F)F)CCCCC1. The van der Waals surface area contributed by atoms with E-state index in [0.29, 0.717) is 12.8 Å². The van der Waals surface area contributed by atoms with Crippen molar-refractivity contribution >= 4 is 0 Å². The highest BCUT2D eigenvalue weighted by Gasteiger charge is 2.52. The van der Waals surface area contributed by atoms with Crippen molar-refractivity contribution in [3.05, 3.63) is 0 Å². The molecule has 0 amide bonds. The van der Waals surface area contributed by atoms with Crippen molar-refractivity contribution in [1.29, 1.82) is 0 Å². The van der Waals surface area contributed by atoms with Crippen molar-refractivity contribution in [3.63, 3.8) is 0 Å². The molecule has 1 atom stereocenters. The summed E-state index contributed by atoms with van der Waals surface area (Å²) >= 11 is 0. The summed E-state index contributed by atoms with van der Waals surface area (Å²) in [6, 6.07) is 0. The van der Waals surface area contributed by atoms with Gasteiger partial charge in [-0.3, -0.25) is 0 Å². The molecule has 0 aromatic carbocycles. The number of alkyl halides is 4. The average molecular weight is 199 g/mol. The minimum Gasteiger partial charge on any atom is -0.322 e. The van der Waals surface area contributed by atoms with Gasteiger partial charge in [-0.15, -0.1) is 0 Å². The van der Waals surface area contributed by atoms with Crippen molar-refractivity contribution in [3.8, 4) is 0 Å². The van der Waals surface area contributed by atoms with Crippen LogP contribution in [0.4, 0.5) is 17.6 Å². The molecule has 0 aromatic rings. The smallest absolute Gasteiger partial charge is 0.322 e. The molecule has 0 aromatic heterocycles. The van der Waals surface area contributed by atoms with Gasteiger partial charge in [0, 0.05) is 0 Å². The van der Waals surface area contributed by atoms with E-state index in [1.54, 1.807) is 0 Å². The first-order valence-electron chi connectivity index (χ1n) is 4.36. The van der Waals surface area contributed by atoms with Crippen LogP contribution in [0, 0.1) is 0 Å². The summed E-state index contributed by atoms with van der Waals surface area (Å²) in [5.74, 6) is 0. The molecule has 2 N–H and O–H groups in total. The van der Waals surface area contributed by atoms with Crippen molar-refractivity contribution in [1.82, 2.24) is 0 Å². The van der Waals surface area contributed by atoms with Crippen LogP contribution in [-0.4, -0.2) is 17.9 Å². The Hall–Kier alpha value is -0.320. The van der Waals surface area contributed by atoms with Crippen molar-refractivity contribution < 1.29 is 17.6 Å².